The second kappa shape index (κ2) is 11.7. The second-order valence-corrected chi connectivity index (χ2v) is 31.8. The maximum absolute atomic E-state index is 7.13. The minimum absolute atomic E-state index is 0.0524. The molecule has 3 heteroatoms. The van der Waals surface area contributed by atoms with Gasteiger partial charge in [-0.2, -0.15) is 0 Å². The van der Waals surface area contributed by atoms with Crippen LogP contribution in [0.2, 0.25) is 0 Å². The third-order valence-corrected chi connectivity index (χ3v) is 29.3. The van der Waals surface area contributed by atoms with Gasteiger partial charge in [0.25, 0.3) is 0 Å². The van der Waals surface area contributed by atoms with Crippen LogP contribution in [0.15, 0.2) is 18.2 Å². The number of rotatable bonds is 13. The van der Waals surface area contributed by atoms with E-state index in [0.29, 0.717) is 13.2 Å². The molecule has 5 aliphatic rings. The minimum Gasteiger partial charge on any atom is -0.493 e. The first-order chi connectivity index (χ1) is 46.7. The summed E-state index contributed by atoms with van der Waals surface area (Å²) in [6, 6.07) is 7.14. The molecule has 2 spiro atoms. The summed E-state index contributed by atoms with van der Waals surface area (Å²) < 4.78 is 14.3. The topological polar surface area (TPSA) is 21.7 Å². The second-order valence-electron chi connectivity index (χ2n) is 31.8. The van der Waals surface area contributed by atoms with Crippen molar-refractivity contribution < 1.29 is 9.47 Å². The summed E-state index contributed by atoms with van der Waals surface area (Å²) in [6.45, 7) is 6.51. The zero-order chi connectivity index (χ0) is 58.8. The van der Waals surface area contributed by atoms with Gasteiger partial charge in [-0.05, 0) is 387 Å². The zero-order valence-electron chi connectivity index (χ0n) is 51.3. The summed E-state index contributed by atoms with van der Waals surface area (Å²) in [7, 11) is 2.55. The Balaban J connectivity index is 0.784. The van der Waals surface area contributed by atoms with Gasteiger partial charge in [-0.3, -0.25) is 4.90 Å². The van der Waals surface area contributed by atoms with Crippen LogP contribution in [0.3, 0.4) is 0 Å². The van der Waals surface area contributed by atoms with E-state index in [4.69, 9.17) is 9.47 Å². The van der Waals surface area contributed by atoms with Gasteiger partial charge in [0, 0.05) is 44.3 Å². The molecular weight excluding hydrogens is 1140 g/mol. The summed E-state index contributed by atoms with van der Waals surface area (Å²) >= 11 is 0. The Bertz CT molecular complexity index is 8230. The fourth-order valence-corrected chi connectivity index (χ4v) is 28.1. The van der Waals surface area contributed by atoms with E-state index in [1.54, 1.807) is 313 Å². The molecule has 1 fully saturated rings. The molecule has 0 bridgehead atoms. The van der Waals surface area contributed by atoms with Gasteiger partial charge in [0.1, 0.15) is 11.5 Å². The van der Waals surface area contributed by atoms with Crippen LogP contribution in [0.5, 0.6) is 11.5 Å². The average molecular weight is 1180 g/mol. The van der Waals surface area contributed by atoms with Crippen LogP contribution in [-0.2, 0) is 10.8 Å². The number of hydrogen-bond acceptors (Lipinski definition) is 3. The van der Waals surface area contributed by atoms with Gasteiger partial charge in [0.2, 0.25) is 0 Å². The van der Waals surface area contributed by atoms with Gasteiger partial charge in [-0.25, -0.2) is 0 Å². The molecule has 4 aliphatic carbocycles. The Morgan fingerprint density at radius 3 is 0.777 bits per heavy atom. The molecule has 1 unspecified atom stereocenters. The Kier molecular flexibility index (Phi) is 5.29. The maximum atomic E-state index is 7.13. The lowest BCUT2D eigenvalue weighted by Gasteiger charge is -2.52. The van der Waals surface area contributed by atoms with E-state index >= 15 is 0 Å². The van der Waals surface area contributed by atoms with Crippen LogP contribution in [-0.4, -0.2) is 31.7 Å². The maximum Gasteiger partial charge on any atom is 0.123 e. The minimum atomic E-state index is -0.496. The van der Waals surface area contributed by atoms with Crippen molar-refractivity contribution in [3.63, 3.8) is 0 Å². The van der Waals surface area contributed by atoms with E-state index in [-0.39, 0.29) is 6.04 Å². The molecule has 0 amide bonds. The van der Waals surface area contributed by atoms with Gasteiger partial charge < -0.3 is 9.47 Å². The van der Waals surface area contributed by atoms with Crippen molar-refractivity contribution in [1.82, 2.24) is 4.90 Å². The highest BCUT2D eigenvalue weighted by Crippen LogP contribution is 2.87. The van der Waals surface area contributed by atoms with E-state index in [1.807, 2.05) is 0 Å². The van der Waals surface area contributed by atoms with Crippen LogP contribution in [0.25, 0.3) is 291 Å². The van der Waals surface area contributed by atoms with Crippen LogP contribution >= 0.6 is 0 Å². The number of likely N-dealkylation sites (N-methyl/N-ethyl adjacent to an activating group) is 1. The summed E-state index contributed by atoms with van der Waals surface area (Å²) in [5.41, 5.74) is 7.24. The number of likely N-dealkylation sites (tertiary alicyclic amines) is 1. The molecule has 0 radical (unpaired) electrons. The van der Waals surface area contributed by atoms with Crippen molar-refractivity contribution in [1.29, 1.82) is 0 Å². The predicted octanol–water partition coefficient (Wildman–Crippen LogP) is 22.7. The summed E-state index contributed by atoms with van der Waals surface area (Å²) in [6.07, 6.45) is 9.51. The molecule has 1 saturated heterocycles. The third-order valence-electron chi connectivity index (χ3n) is 29.3. The average Bonchev–Trinajstić information content (AvgIpc) is 1.38. The lowest BCUT2D eigenvalue weighted by molar-refractivity contribution is 0.264. The summed E-state index contributed by atoms with van der Waals surface area (Å²) in [5.74, 6) is 27.6. The van der Waals surface area contributed by atoms with Gasteiger partial charge in [-0.15, -0.1) is 0 Å². The van der Waals surface area contributed by atoms with Gasteiger partial charge in [0.15, 0.2) is 0 Å². The first kappa shape index (κ1) is 42.6. The molecule has 0 aromatic heterocycles. The van der Waals surface area contributed by atoms with Crippen LogP contribution < -0.4 is 9.47 Å². The van der Waals surface area contributed by atoms with Gasteiger partial charge in [-0.1, -0.05) is 50.4 Å². The van der Waals surface area contributed by atoms with Crippen molar-refractivity contribution in [3.05, 3.63) is 46.0 Å². The lowest BCUT2D eigenvalue weighted by Crippen LogP contribution is -2.51. The first-order valence-corrected chi connectivity index (χ1v) is 35.5. The molecule has 1 aliphatic heterocycles. The van der Waals surface area contributed by atoms with E-state index in [0.717, 1.165) is 82.3 Å². The summed E-state index contributed by atoms with van der Waals surface area (Å²) in [4.78, 5) is 2.92. The number of unbranched alkanes of at least 4 members (excludes halogenated alkanes) is 6. The van der Waals surface area contributed by atoms with Crippen LogP contribution in [0, 0.1) is 47.4 Å². The van der Waals surface area contributed by atoms with Crippen molar-refractivity contribution >= 4 is 291 Å². The number of hydrogen-bond donors (Lipinski definition) is 0. The predicted molar refractivity (Wildman–Crippen MR) is 395 cm³/mol. The SMILES string of the molecule is CCCCC#CC#CCCCOc1cc(OCCCC#CC#CCCCC)cc(C2N(C)CC34c5c6c7c8c9c%10c(c%11c%12c3c3c5c5c%13c6c6c7c7c9c9c%14c%10c%10c%11c%11c%12c%12c3c3c5c5c%13c%13c6c6c7c9c7c9c%14c%10c%10c%11c%11c%12c3c3c5c5c%13c6c7c6c9c%10c%11c3c56)C824)c1. The standard InChI is InChI=1S/C91H39NO2/c1-4-6-8-10-12-14-16-18-20-22-93-29-24-28(25-30(26-29)94-23-21-19-17-15-13-11-9-7-5-2)89-91-87-81-75-65-53-45-37-33-31-32-35-39(37)47(53)57-51-43(35)44-36(32)40-38-34(31)42-41(33)49-55(45)63-69-59(49)60-50(42)56-46(38)54-48(40)58-52(44)62-61(51)73(67(57)75)83(87)84-74(62)68(58)76-66(54)72-64(56)70(60)78-77(69)85(79(81)71(63)65)90(91,27-92(89)3)86(78)80(72)82(76)88(84)91/h24-26,89H,4-9,18-23,27H2,1-3H3. The molecule has 0 N–H and O–H groups in total. The van der Waals surface area contributed by atoms with Crippen molar-refractivity contribution in [2.45, 2.75) is 94.9 Å². The normalized spacial score (nSPS) is 20.1. The van der Waals surface area contributed by atoms with E-state index in [2.05, 4.69) is 91.4 Å². The van der Waals surface area contributed by atoms with E-state index in [1.165, 1.54) is 5.56 Å². The van der Waals surface area contributed by atoms with Crippen LogP contribution in [0.1, 0.15) is 112 Å². The summed E-state index contributed by atoms with van der Waals surface area (Å²) in [5, 5.41) is 88.3. The largest absolute Gasteiger partial charge is 0.493 e. The molecule has 34 rings (SSSR count). The molecule has 0 saturated carbocycles. The smallest absolute Gasteiger partial charge is 0.123 e. The third kappa shape index (κ3) is 3.03. The molecule has 1 heterocycles. The molecule has 420 valence electrons. The highest BCUT2D eigenvalue weighted by atomic mass is 16.5. The number of ether oxygens (including phenoxy) is 2. The lowest BCUT2D eigenvalue weighted by atomic mass is 9.47. The Hall–Kier alpha value is -10.5. The van der Waals surface area contributed by atoms with Gasteiger partial charge in [0.05, 0.1) is 24.0 Å². The molecular formula is C91H39NO2. The monoisotopic (exact) mass is 1180 g/mol. The Labute approximate surface area is 528 Å². The number of nitrogens with zero attached hydrogens (tertiary/aromatic N) is 1. The zero-order valence-corrected chi connectivity index (χ0v) is 51.3. The molecule has 1 atom stereocenters. The Morgan fingerprint density at radius 1 is 0.309 bits per heavy atom. The number of benzene rings is 19. The van der Waals surface area contributed by atoms with Crippen molar-refractivity contribution in [3.8, 4) is 58.9 Å². The molecule has 3 nitrogen and oxygen atoms in total. The van der Waals surface area contributed by atoms with E-state index in [9.17, 15) is 0 Å². The Morgan fingerprint density at radius 2 is 0.532 bits per heavy atom. The van der Waals surface area contributed by atoms with Gasteiger partial charge >= 0.3 is 0 Å². The highest BCUT2D eigenvalue weighted by Gasteiger charge is 2.76. The molecule has 94 heavy (non-hydrogen) atoms. The van der Waals surface area contributed by atoms with E-state index < -0.39 is 10.8 Å². The molecule has 29 aromatic carbocycles. The van der Waals surface area contributed by atoms with Crippen molar-refractivity contribution in [2.75, 3.05) is 26.8 Å². The fourth-order valence-electron chi connectivity index (χ4n) is 28.1. The quantitative estimate of drug-likeness (QED) is 0.0652. The highest BCUT2D eigenvalue weighted by molar-refractivity contribution is 6.82. The first-order valence-electron chi connectivity index (χ1n) is 35.5. The van der Waals surface area contributed by atoms with Crippen molar-refractivity contribution in [2.24, 2.45) is 0 Å². The molecule has 29 aromatic rings. The fraction of sp³-hybridized carbons (Fsp3) is 0.209. The van der Waals surface area contributed by atoms with Crippen LogP contribution in [0.4, 0.5) is 0 Å².